The number of hydrogen-bond acceptors (Lipinski definition) is 3. The number of urea groups is 1. The molecule has 1 heterocycles. The van der Waals surface area contributed by atoms with Crippen molar-refractivity contribution < 1.29 is 18.3 Å². The molecule has 1 aliphatic rings. The molecule has 0 spiro atoms. The van der Waals surface area contributed by atoms with E-state index in [0.717, 1.165) is 11.1 Å². The highest BCUT2D eigenvalue weighted by Gasteiger charge is 2.40. The van der Waals surface area contributed by atoms with Crippen molar-refractivity contribution in [2.75, 3.05) is 4.67 Å². The van der Waals surface area contributed by atoms with Gasteiger partial charge in [0.25, 0.3) is 0 Å². The first kappa shape index (κ1) is 20.3. The molecular formula is C21H18ClFN3O3P. The summed E-state index contributed by atoms with van der Waals surface area (Å²) in [5.74, 6) is 0.00273. The van der Waals surface area contributed by atoms with Crippen LogP contribution in [0, 0.1) is 5.82 Å². The number of benzene rings is 3. The first-order valence-corrected chi connectivity index (χ1v) is 11.1. The summed E-state index contributed by atoms with van der Waals surface area (Å²) in [6.07, 6.45) is 0. The van der Waals surface area contributed by atoms with Crippen molar-refractivity contribution in [2.24, 2.45) is 0 Å². The second-order valence-corrected chi connectivity index (χ2v) is 8.98. The average Bonchev–Trinajstić information content (AvgIpc) is 2.73. The van der Waals surface area contributed by atoms with Crippen LogP contribution in [0.25, 0.3) is 0 Å². The standard InChI is InChI=1S/C21H18ClFN3O3P/c22-19-7-3-1-5-15(19)13-24-21(27)25-30(28)26(18-11-9-17(23)10-12-18)14-16-6-2-4-8-20(16)29-30/h1-12H,13-14H2,(H2,24,25,27,28). The maximum absolute atomic E-state index is 13.7. The summed E-state index contributed by atoms with van der Waals surface area (Å²) in [5.41, 5.74) is 1.98. The van der Waals surface area contributed by atoms with E-state index in [4.69, 9.17) is 16.1 Å². The molecule has 0 aliphatic carbocycles. The monoisotopic (exact) mass is 445 g/mol. The lowest BCUT2D eigenvalue weighted by molar-refractivity contribution is 0.244. The van der Waals surface area contributed by atoms with Crippen LogP contribution in [0.4, 0.5) is 14.9 Å². The van der Waals surface area contributed by atoms with Gasteiger partial charge in [-0.15, -0.1) is 0 Å². The van der Waals surface area contributed by atoms with Gasteiger partial charge in [0.2, 0.25) is 0 Å². The molecule has 3 aromatic carbocycles. The van der Waals surface area contributed by atoms with Gasteiger partial charge in [-0.05, 0) is 42.0 Å². The quantitative estimate of drug-likeness (QED) is 0.521. The SMILES string of the molecule is O=C(NCc1ccccc1Cl)NP1(=O)Oc2ccccc2CN1c1ccc(F)cc1. The van der Waals surface area contributed by atoms with E-state index in [1.54, 1.807) is 36.4 Å². The topological polar surface area (TPSA) is 70.7 Å². The zero-order valence-corrected chi connectivity index (χ0v) is 17.4. The minimum Gasteiger partial charge on any atom is -0.413 e. The number of hydrogen-bond donors (Lipinski definition) is 2. The molecule has 1 atom stereocenters. The summed E-state index contributed by atoms with van der Waals surface area (Å²) >= 11 is 6.11. The van der Waals surface area contributed by atoms with Gasteiger partial charge in [-0.2, -0.15) is 0 Å². The second-order valence-electron chi connectivity index (χ2n) is 6.64. The molecule has 0 fully saturated rings. The molecule has 9 heteroatoms. The smallest absolute Gasteiger partial charge is 0.413 e. The van der Waals surface area contributed by atoms with Gasteiger partial charge in [-0.25, -0.2) is 18.8 Å². The Morgan fingerprint density at radius 1 is 1.07 bits per heavy atom. The Labute approximate surface area is 178 Å². The highest BCUT2D eigenvalue weighted by atomic mass is 35.5. The fraction of sp³-hybridized carbons (Fsp3) is 0.0952. The van der Waals surface area contributed by atoms with Crippen LogP contribution in [0.2, 0.25) is 5.02 Å². The van der Waals surface area contributed by atoms with E-state index >= 15 is 0 Å². The van der Waals surface area contributed by atoms with E-state index in [9.17, 15) is 13.8 Å². The Bertz CT molecular complexity index is 1130. The molecule has 0 radical (unpaired) electrons. The minimum absolute atomic E-state index is 0.151. The fourth-order valence-electron chi connectivity index (χ4n) is 3.09. The molecule has 1 aliphatic heterocycles. The van der Waals surface area contributed by atoms with Gasteiger partial charge < -0.3 is 9.84 Å². The van der Waals surface area contributed by atoms with Crippen molar-refractivity contribution in [2.45, 2.75) is 13.1 Å². The molecule has 0 aromatic heterocycles. The number of carbonyl (C=O) groups excluding carboxylic acids is 1. The number of carbonyl (C=O) groups is 1. The van der Waals surface area contributed by atoms with Crippen LogP contribution < -0.4 is 19.6 Å². The number of nitrogens with zero attached hydrogens (tertiary/aromatic N) is 1. The van der Waals surface area contributed by atoms with Gasteiger partial charge >= 0.3 is 13.7 Å². The summed E-state index contributed by atoms with van der Waals surface area (Å²) in [6.45, 7) is 0.377. The maximum atomic E-state index is 13.7. The maximum Gasteiger partial charge on any atom is 0.450 e. The Hall–Kier alpha value is -3.02. The fourth-order valence-corrected chi connectivity index (χ4v) is 5.11. The largest absolute Gasteiger partial charge is 0.450 e. The normalized spacial score (nSPS) is 17.6. The number of amides is 2. The van der Waals surface area contributed by atoms with E-state index in [0.29, 0.717) is 16.5 Å². The minimum atomic E-state index is -3.87. The zero-order chi connectivity index (χ0) is 21.1. The third-order valence-corrected chi connectivity index (χ3v) is 6.90. The number of fused-ring (bicyclic) bond motifs is 1. The molecule has 6 nitrogen and oxygen atoms in total. The van der Waals surface area contributed by atoms with Crippen molar-refractivity contribution in [1.82, 2.24) is 10.4 Å². The van der Waals surface area contributed by atoms with Gasteiger partial charge in [-0.1, -0.05) is 48.0 Å². The molecule has 2 N–H and O–H groups in total. The molecule has 1 unspecified atom stereocenters. The van der Waals surface area contributed by atoms with Crippen LogP contribution in [0.3, 0.4) is 0 Å². The summed E-state index contributed by atoms with van der Waals surface area (Å²) in [6, 6.07) is 19.0. The predicted octanol–water partition coefficient (Wildman–Crippen LogP) is 5.49. The molecule has 0 saturated heterocycles. The summed E-state index contributed by atoms with van der Waals surface area (Å²) in [7, 11) is -3.87. The first-order chi connectivity index (χ1) is 14.4. The predicted molar refractivity (Wildman–Crippen MR) is 114 cm³/mol. The highest BCUT2D eigenvalue weighted by Crippen LogP contribution is 2.54. The molecule has 154 valence electrons. The van der Waals surface area contributed by atoms with Crippen LogP contribution >= 0.6 is 19.3 Å². The molecule has 2 amide bonds. The third-order valence-electron chi connectivity index (χ3n) is 4.60. The van der Waals surface area contributed by atoms with Crippen LogP contribution in [-0.4, -0.2) is 6.03 Å². The number of nitrogens with one attached hydrogen (secondary N) is 2. The lowest BCUT2D eigenvalue weighted by Gasteiger charge is -2.37. The molecule has 0 saturated carbocycles. The second kappa shape index (κ2) is 8.38. The van der Waals surface area contributed by atoms with E-state index in [2.05, 4.69) is 10.4 Å². The number of halogens is 2. The van der Waals surface area contributed by atoms with E-state index in [1.165, 1.54) is 28.9 Å². The van der Waals surface area contributed by atoms with Crippen LogP contribution in [0.1, 0.15) is 11.1 Å². The van der Waals surface area contributed by atoms with Crippen LogP contribution in [0.15, 0.2) is 72.8 Å². The summed E-state index contributed by atoms with van der Waals surface area (Å²) in [5, 5.41) is 5.62. The average molecular weight is 446 g/mol. The van der Waals surface area contributed by atoms with Gasteiger partial charge in [0.15, 0.2) is 0 Å². The van der Waals surface area contributed by atoms with Crippen molar-refractivity contribution >= 4 is 31.0 Å². The van der Waals surface area contributed by atoms with Crippen molar-refractivity contribution in [1.29, 1.82) is 0 Å². The van der Waals surface area contributed by atoms with E-state index in [-0.39, 0.29) is 13.1 Å². The lowest BCUT2D eigenvalue weighted by Crippen LogP contribution is -2.41. The Balaban J connectivity index is 1.57. The van der Waals surface area contributed by atoms with Gasteiger partial charge in [-0.3, -0.25) is 4.67 Å². The number of anilines is 1. The molecule has 0 bridgehead atoms. The molecule has 30 heavy (non-hydrogen) atoms. The first-order valence-electron chi connectivity index (χ1n) is 9.15. The molecule has 3 aromatic rings. The van der Waals surface area contributed by atoms with E-state index in [1.807, 2.05) is 12.1 Å². The Morgan fingerprint density at radius 2 is 1.77 bits per heavy atom. The Morgan fingerprint density at radius 3 is 2.53 bits per heavy atom. The van der Waals surface area contributed by atoms with Crippen LogP contribution in [0.5, 0.6) is 5.75 Å². The van der Waals surface area contributed by atoms with Gasteiger partial charge in [0.1, 0.15) is 11.6 Å². The summed E-state index contributed by atoms with van der Waals surface area (Å²) in [4.78, 5) is 12.5. The van der Waals surface area contributed by atoms with Crippen molar-refractivity contribution in [3.8, 4) is 5.75 Å². The van der Waals surface area contributed by atoms with Gasteiger partial charge in [0, 0.05) is 22.8 Å². The highest BCUT2D eigenvalue weighted by molar-refractivity contribution is 7.59. The van der Waals surface area contributed by atoms with E-state index < -0.39 is 19.5 Å². The lowest BCUT2D eigenvalue weighted by atomic mass is 10.2. The van der Waals surface area contributed by atoms with Crippen molar-refractivity contribution in [3.05, 3.63) is 94.8 Å². The van der Waals surface area contributed by atoms with Gasteiger partial charge in [0.05, 0.1) is 6.54 Å². The zero-order valence-electron chi connectivity index (χ0n) is 15.7. The molecule has 4 rings (SSSR count). The molecular weight excluding hydrogens is 428 g/mol. The van der Waals surface area contributed by atoms with Crippen molar-refractivity contribution in [3.63, 3.8) is 0 Å². The number of rotatable bonds is 4. The van der Waals surface area contributed by atoms with Crippen LogP contribution in [-0.2, 0) is 17.7 Å². The number of para-hydroxylation sites is 1. The third kappa shape index (κ3) is 4.27. The Kier molecular flexibility index (Phi) is 5.66. The summed E-state index contributed by atoms with van der Waals surface area (Å²) < 4.78 is 34.3.